The standard InChI is InChI=1S/C18H19N5O2S2/c1-11-20-14(10-27-11)9-25-15-6-3-12(7-16(15)24-2)8-19-23-17(13-4-5-13)21-22-18(23)26/h3,6-8,10,13H,4-5,9H2,1-2H3,(H,22,26)/b19-8-. The first-order chi connectivity index (χ1) is 13.1. The van der Waals surface area contributed by atoms with E-state index in [4.69, 9.17) is 21.7 Å². The first-order valence-electron chi connectivity index (χ1n) is 8.57. The van der Waals surface area contributed by atoms with Gasteiger partial charge in [0.25, 0.3) is 0 Å². The molecule has 1 saturated carbocycles. The summed E-state index contributed by atoms with van der Waals surface area (Å²) in [5.41, 5.74) is 1.79. The summed E-state index contributed by atoms with van der Waals surface area (Å²) in [4.78, 5) is 4.40. The minimum absolute atomic E-state index is 0.406. The Morgan fingerprint density at radius 2 is 2.26 bits per heavy atom. The van der Waals surface area contributed by atoms with Crippen molar-refractivity contribution in [3.63, 3.8) is 0 Å². The van der Waals surface area contributed by atoms with Gasteiger partial charge in [0.1, 0.15) is 6.61 Å². The third-order valence-corrected chi connectivity index (χ3v) is 5.26. The summed E-state index contributed by atoms with van der Waals surface area (Å²) >= 11 is 6.88. The number of methoxy groups -OCH3 is 1. The quantitative estimate of drug-likeness (QED) is 0.477. The molecule has 2 heterocycles. The Balaban J connectivity index is 1.51. The molecule has 0 saturated heterocycles. The van der Waals surface area contributed by atoms with Gasteiger partial charge in [0.05, 0.1) is 24.0 Å². The molecular weight excluding hydrogens is 382 g/mol. The molecule has 1 aliphatic rings. The van der Waals surface area contributed by atoms with Gasteiger partial charge in [-0.05, 0) is 55.7 Å². The van der Waals surface area contributed by atoms with Crippen molar-refractivity contribution in [2.45, 2.75) is 32.3 Å². The Bertz CT molecular complexity index is 1030. The van der Waals surface area contributed by atoms with Gasteiger partial charge >= 0.3 is 0 Å². The van der Waals surface area contributed by atoms with Crippen molar-refractivity contribution in [1.29, 1.82) is 0 Å². The molecule has 4 rings (SSSR count). The van der Waals surface area contributed by atoms with Gasteiger partial charge in [-0.15, -0.1) is 11.3 Å². The average Bonchev–Trinajstić information content (AvgIpc) is 3.33. The summed E-state index contributed by atoms with van der Waals surface area (Å²) in [7, 11) is 1.62. The van der Waals surface area contributed by atoms with Gasteiger partial charge in [-0.1, -0.05) is 0 Å². The van der Waals surface area contributed by atoms with E-state index in [0.717, 1.165) is 34.9 Å². The van der Waals surface area contributed by atoms with E-state index >= 15 is 0 Å². The molecule has 0 radical (unpaired) electrons. The van der Waals surface area contributed by atoms with Crippen LogP contribution in [0.3, 0.4) is 0 Å². The monoisotopic (exact) mass is 401 g/mol. The minimum atomic E-state index is 0.406. The molecule has 1 fully saturated rings. The Kier molecular flexibility index (Phi) is 5.04. The number of aromatic nitrogens is 4. The number of aromatic amines is 1. The van der Waals surface area contributed by atoms with Gasteiger partial charge in [0, 0.05) is 11.3 Å². The lowest BCUT2D eigenvalue weighted by Crippen LogP contribution is -2.00. The van der Waals surface area contributed by atoms with Crippen LogP contribution in [0.1, 0.15) is 40.8 Å². The third kappa shape index (κ3) is 4.09. The number of H-pyrrole nitrogens is 1. The zero-order chi connectivity index (χ0) is 18.8. The van der Waals surface area contributed by atoms with Crippen LogP contribution in [-0.4, -0.2) is 33.2 Å². The summed E-state index contributed by atoms with van der Waals surface area (Å²) in [5, 5.41) is 14.6. The molecule has 27 heavy (non-hydrogen) atoms. The van der Waals surface area contributed by atoms with Crippen molar-refractivity contribution < 1.29 is 9.47 Å². The lowest BCUT2D eigenvalue weighted by molar-refractivity contribution is 0.281. The molecule has 140 valence electrons. The zero-order valence-electron chi connectivity index (χ0n) is 15.0. The number of nitrogens with one attached hydrogen (secondary N) is 1. The van der Waals surface area contributed by atoms with Crippen LogP contribution >= 0.6 is 23.6 Å². The average molecular weight is 402 g/mol. The fraction of sp³-hybridized carbons (Fsp3) is 0.333. The number of nitrogens with zero attached hydrogens (tertiary/aromatic N) is 4. The topological polar surface area (TPSA) is 77.3 Å². The zero-order valence-corrected chi connectivity index (χ0v) is 16.6. The highest BCUT2D eigenvalue weighted by atomic mass is 32.1. The fourth-order valence-electron chi connectivity index (χ4n) is 2.66. The Labute approximate surface area is 165 Å². The van der Waals surface area contributed by atoms with Crippen LogP contribution in [0.5, 0.6) is 11.5 Å². The SMILES string of the molecule is COc1cc(/C=N\n2c(C3CC3)n[nH]c2=S)ccc1OCc1csc(C)n1. The summed E-state index contributed by atoms with van der Waals surface area (Å²) in [6, 6.07) is 5.68. The van der Waals surface area contributed by atoms with E-state index in [0.29, 0.717) is 28.8 Å². The maximum atomic E-state index is 5.85. The molecule has 2 aromatic heterocycles. The highest BCUT2D eigenvalue weighted by Gasteiger charge is 2.29. The van der Waals surface area contributed by atoms with Crippen LogP contribution in [-0.2, 0) is 6.61 Å². The second kappa shape index (κ2) is 7.61. The number of rotatable bonds is 7. The molecule has 9 heteroatoms. The highest BCUT2D eigenvalue weighted by Crippen LogP contribution is 2.38. The van der Waals surface area contributed by atoms with Gasteiger partial charge in [0.2, 0.25) is 4.77 Å². The van der Waals surface area contributed by atoms with Crippen LogP contribution in [0, 0.1) is 11.7 Å². The summed E-state index contributed by atoms with van der Waals surface area (Å²) < 4.78 is 13.5. The molecule has 0 aliphatic heterocycles. The molecule has 0 unspecified atom stereocenters. The second-order valence-corrected chi connectivity index (χ2v) is 7.72. The van der Waals surface area contributed by atoms with Crippen molar-refractivity contribution in [2.75, 3.05) is 7.11 Å². The number of benzene rings is 1. The van der Waals surface area contributed by atoms with E-state index in [1.807, 2.05) is 30.5 Å². The highest BCUT2D eigenvalue weighted by molar-refractivity contribution is 7.71. The van der Waals surface area contributed by atoms with Gasteiger partial charge in [0.15, 0.2) is 17.3 Å². The first-order valence-corrected chi connectivity index (χ1v) is 9.86. The van der Waals surface area contributed by atoms with Crippen LogP contribution in [0.15, 0.2) is 28.7 Å². The number of thiazole rings is 1. The van der Waals surface area contributed by atoms with Crippen molar-refractivity contribution >= 4 is 29.8 Å². The largest absolute Gasteiger partial charge is 0.493 e. The molecule has 0 atom stereocenters. The van der Waals surface area contributed by atoms with Crippen LogP contribution in [0.2, 0.25) is 0 Å². The Morgan fingerprint density at radius 1 is 1.41 bits per heavy atom. The van der Waals surface area contributed by atoms with Crippen LogP contribution in [0.4, 0.5) is 0 Å². The lowest BCUT2D eigenvalue weighted by Gasteiger charge is -2.10. The van der Waals surface area contributed by atoms with Crippen molar-refractivity contribution in [1.82, 2.24) is 19.9 Å². The summed E-state index contributed by atoms with van der Waals surface area (Å²) in [6.45, 7) is 2.38. The molecule has 0 spiro atoms. The molecule has 1 N–H and O–H groups in total. The predicted molar refractivity (Wildman–Crippen MR) is 107 cm³/mol. The number of hydrogen-bond donors (Lipinski definition) is 1. The fourth-order valence-corrected chi connectivity index (χ4v) is 3.44. The first kappa shape index (κ1) is 17.9. The van der Waals surface area contributed by atoms with Crippen molar-refractivity contribution in [3.05, 3.63) is 50.4 Å². The summed E-state index contributed by atoms with van der Waals surface area (Å²) in [6.07, 6.45) is 4.01. The van der Waals surface area contributed by atoms with E-state index in [9.17, 15) is 0 Å². The number of ether oxygens (including phenoxy) is 2. The Morgan fingerprint density at radius 3 is 2.96 bits per heavy atom. The van der Waals surface area contributed by atoms with E-state index in [-0.39, 0.29) is 0 Å². The van der Waals surface area contributed by atoms with E-state index in [2.05, 4.69) is 20.3 Å². The van der Waals surface area contributed by atoms with Crippen molar-refractivity contribution in [3.8, 4) is 11.5 Å². The molecule has 0 amide bonds. The smallest absolute Gasteiger partial charge is 0.216 e. The normalized spacial score (nSPS) is 14.0. The van der Waals surface area contributed by atoms with Crippen molar-refractivity contribution in [2.24, 2.45) is 5.10 Å². The van der Waals surface area contributed by atoms with E-state index in [1.165, 1.54) is 0 Å². The third-order valence-electron chi connectivity index (χ3n) is 4.17. The number of aryl methyl sites for hydroxylation is 1. The Hall–Kier alpha value is -2.52. The molecule has 3 aromatic rings. The van der Waals surface area contributed by atoms with Gasteiger partial charge in [-0.2, -0.15) is 14.9 Å². The number of hydrogen-bond acceptors (Lipinski definition) is 7. The van der Waals surface area contributed by atoms with Crippen LogP contribution in [0.25, 0.3) is 0 Å². The molecular formula is C18H19N5O2S2. The molecule has 7 nitrogen and oxygen atoms in total. The lowest BCUT2D eigenvalue weighted by atomic mass is 10.2. The predicted octanol–water partition coefficient (Wildman–Crippen LogP) is 4.05. The minimum Gasteiger partial charge on any atom is -0.493 e. The van der Waals surface area contributed by atoms with Gasteiger partial charge in [-0.3, -0.25) is 5.10 Å². The maximum absolute atomic E-state index is 5.85. The maximum Gasteiger partial charge on any atom is 0.216 e. The molecule has 0 bridgehead atoms. The molecule has 1 aromatic carbocycles. The van der Waals surface area contributed by atoms with Gasteiger partial charge in [-0.25, -0.2) is 4.98 Å². The van der Waals surface area contributed by atoms with E-state index < -0.39 is 0 Å². The van der Waals surface area contributed by atoms with Crippen LogP contribution < -0.4 is 9.47 Å². The summed E-state index contributed by atoms with van der Waals surface area (Å²) in [5.74, 6) is 2.65. The second-order valence-electron chi connectivity index (χ2n) is 6.27. The molecule has 1 aliphatic carbocycles. The van der Waals surface area contributed by atoms with E-state index in [1.54, 1.807) is 29.3 Å². The van der Waals surface area contributed by atoms with Gasteiger partial charge < -0.3 is 9.47 Å².